The Labute approximate surface area is 143 Å². The average molecular weight is 327 g/mol. The Morgan fingerprint density at radius 3 is 2.38 bits per heavy atom. The second kappa shape index (κ2) is 8.45. The van der Waals surface area contributed by atoms with E-state index in [1.54, 1.807) is 6.20 Å². The molecule has 1 aromatic carbocycles. The number of nitrogens with one attached hydrogen (secondary N) is 2. The number of carbonyl (C=O) groups is 1. The van der Waals surface area contributed by atoms with Crippen molar-refractivity contribution in [2.24, 2.45) is 0 Å². The third-order valence-electron chi connectivity index (χ3n) is 3.23. The van der Waals surface area contributed by atoms with E-state index < -0.39 is 6.09 Å². The van der Waals surface area contributed by atoms with Crippen molar-refractivity contribution >= 4 is 6.09 Å². The first-order valence-electron chi connectivity index (χ1n) is 8.06. The first-order valence-corrected chi connectivity index (χ1v) is 8.06. The molecule has 0 saturated heterocycles. The van der Waals surface area contributed by atoms with Gasteiger partial charge in [0, 0.05) is 24.8 Å². The Morgan fingerprint density at radius 1 is 1.04 bits per heavy atom. The van der Waals surface area contributed by atoms with Crippen LogP contribution >= 0.6 is 0 Å². The SMILES string of the molecule is CC(C)(C)NC(=O)OCc1ccc(CNCc2ccccn2)cc1. The molecular weight excluding hydrogens is 302 g/mol. The topological polar surface area (TPSA) is 63.2 Å². The van der Waals surface area contributed by atoms with Crippen LogP contribution in [0, 0.1) is 0 Å². The number of hydrogen-bond donors (Lipinski definition) is 2. The van der Waals surface area contributed by atoms with Crippen molar-refractivity contribution < 1.29 is 9.53 Å². The number of aromatic nitrogens is 1. The second-order valence-electron chi connectivity index (χ2n) is 6.69. The van der Waals surface area contributed by atoms with E-state index in [9.17, 15) is 4.79 Å². The van der Waals surface area contributed by atoms with Gasteiger partial charge in [0.2, 0.25) is 0 Å². The van der Waals surface area contributed by atoms with Gasteiger partial charge in [0.05, 0.1) is 5.69 Å². The van der Waals surface area contributed by atoms with Crippen molar-refractivity contribution in [1.29, 1.82) is 0 Å². The molecular formula is C19H25N3O2. The molecule has 0 atom stereocenters. The van der Waals surface area contributed by atoms with E-state index in [1.165, 1.54) is 5.56 Å². The molecule has 0 unspecified atom stereocenters. The first kappa shape index (κ1) is 17.9. The first-order chi connectivity index (χ1) is 11.4. The lowest BCUT2D eigenvalue weighted by atomic mass is 10.1. The molecule has 0 aliphatic rings. The molecule has 2 N–H and O–H groups in total. The Hall–Kier alpha value is -2.40. The molecule has 1 heterocycles. The number of benzene rings is 1. The van der Waals surface area contributed by atoms with Crippen molar-refractivity contribution in [3.8, 4) is 0 Å². The lowest BCUT2D eigenvalue weighted by molar-refractivity contribution is 0.131. The summed E-state index contributed by atoms with van der Waals surface area (Å²) >= 11 is 0. The molecule has 1 amide bonds. The van der Waals surface area contributed by atoms with Crippen LogP contribution in [0.2, 0.25) is 0 Å². The number of ether oxygens (including phenoxy) is 1. The highest BCUT2D eigenvalue weighted by atomic mass is 16.5. The third-order valence-corrected chi connectivity index (χ3v) is 3.23. The van der Waals surface area contributed by atoms with E-state index in [4.69, 9.17) is 4.74 Å². The Bertz CT molecular complexity index is 634. The number of hydrogen-bond acceptors (Lipinski definition) is 4. The van der Waals surface area contributed by atoms with Crippen LogP contribution in [0.1, 0.15) is 37.6 Å². The number of nitrogens with zero attached hydrogens (tertiary/aromatic N) is 1. The van der Waals surface area contributed by atoms with E-state index in [1.807, 2.05) is 63.2 Å². The van der Waals surface area contributed by atoms with Gasteiger partial charge in [0.1, 0.15) is 6.61 Å². The Balaban J connectivity index is 1.73. The van der Waals surface area contributed by atoms with Crippen molar-refractivity contribution in [1.82, 2.24) is 15.6 Å². The fraction of sp³-hybridized carbons (Fsp3) is 0.368. The molecule has 128 valence electrons. The van der Waals surface area contributed by atoms with Crippen LogP contribution in [0.3, 0.4) is 0 Å². The summed E-state index contributed by atoms with van der Waals surface area (Å²) in [5, 5.41) is 6.12. The van der Waals surface area contributed by atoms with Crippen LogP contribution in [0.5, 0.6) is 0 Å². The molecule has 0 saturated carbocycles. The van der Waals surface area contributed by atoms with E-state index in [0.717, 1.165) is 24.3 Å². The van der Waals surface area contributed by atoms with Gasteiger partial charge >= 0.3 is 6.09 Å². The zero-order chi connectivity index (χ0) is 17.4. The van der Waals surface area contributed by atoms with Crippen LogP contribution in [-0.4, -0.2) is 16.6 Å². The van der Waals surface area contributed by atoms with Gasteiger partial charge in [0.15, 0.2) is 0 Å². The Kier molecular flexibility index (Phi) is 6.32. The Morgan fingerprint density at radius 2 is 1.75 bits per heavy atom. The van der Waals surface area contributed by atoms with Gasteiger partial charge in [-0.2, -0.15) is 0 Å². The smallest absolute Gasteiger partial charge is 0.407 e. The normalized spacial score (nSPS) is 11.1. The van der Waals surface area contributed by atoms with Gasteiger partial charge in [-0.15, -0.1) is 0 Å². The molecule has 24 heavy (non-hydrogen) atoms. The number of alkyl carbamates (subject to hydrolysis) is 1. The largest absolute Gasteiger partial charge is 0.445 e. The monoisotopic (exact) mass is 327 g/mol. The number of amides is 1. The average Bonchev–Trinajstić information content (AvgIpc) is 2.53. The summed E-state index contributed by atoms with van der Waals surface area (Å²) in [7, 11) is 0. The standard InChI is InChI=1S/C19H25N3O2/c1-19(2,3)22-18(23)24-14-16-9-7-15(8-10-16)12-20-13-17-6-4-5-11-21-17/h4-11,20H,12-14H2,1-3H3,(H,22,23). The molecule has 0 aliphatic heterocycles. The quantitative estimate of drug-likeness (QED) is 0.853. The summed E-state index contributed by atoms with van der Waals surface area (Å²) < 4.78 is 5.21. The van der Waals surface area contributed by atoms with Gasteiger partial charge in [-0.05, 0) is 44.0 Å². The molecule has 1 aromatic heterocycles. The molecule has 0 spiro atoms. The maximum absolute atomic E-state index is 11.6. The lowest BCUT2D eigenvalue weighted by Gasteiger charge is -2.19. The second-order valence-corrected chi connectivity index (χ2v) is 6.69. The number of rotatable bonds is 6. The van der Waals surface area contributed by atoms with Crippen LogP contribution < -0.4 is 10.6 Å². The molecule has 5 heteroatoms. The van der Waals surface area contributed by atoms with E-state index in [-0.39, 0.29) is 12.1 Å². The van der Waals surface area contributed by atoms with Crippen LogP contribution in [0.25, 0.3) is 0 Å². The fourth-order valence-electron chi connectivity index (χ4n) is 2.08. The third kappa shape index (κ3) is 6.79. The summed E-state index contributed by atoms with van der Waals surface area (Å²) in [6, 6.07) is 13.9. The van der Waals surface area contributed by atoms with Crippen LogP contribution in [0.4, 0.5) is 4.79 Å². The van der Waals surface area contributed by atoms with Crippen molar-refractivity contribution in [2.75, 3.05) is 0 Å². The minimum atomic E-state index is -0.399. The maximum atomic E-state index is 11.6. The molecule has 0 aliphatic carbocycles. The summed E-state index contributed by atoms with van der Waals surface area (Å²) in [6.45, 7) is 7.52. The summed E-state index contributed by atoms with van der Waals surface area (Å²) in [5.74, 6) is 0. The van der Waals surface area contributed by atoms with E-state index in [0.29, 0.717) is 0 Å². The van der Waals surface area contributed by atoms with E-state index in [2.05, 4.69) is 15.6 Å². The van der Waals surface area contributed by atoms with Gasteiger partial charge in [-0.25, -0.2) is 4.79 Å². The number of carbonyl (C=O) groups excluding carboxylic acids is 1. The summed E-state index contributed by atoms with van der Waals surface area (Å²) in [4.78, 5) is 15.9. The minimum absolute atomic E-state index is 0.267. The fourth-order valence-corrected chi connectivity index (χ4v) is 2.08. The van der Waals surface area contributed by atoms with Gasteiger partial charge in [-0.3, -0.25) is 4.98 Å². The summed E-state index contributed by atoms with van der Waals surface area (Å²) in [5.41, 5.74) is 2.87. The van der Waals surface area contributed by atoms with Crippen LogP contribution in [0.15, 0.2) is 48.7 Å². The number of pyridine rings is 1. The summed E-state index contributed by atoms with van der Waals surface area (Å²) in [6.07, 6.45) is 1.39. The van der Waals surface area contributed by atoms with Crippen molar-refractivity contribution in [3.63, 3.8) is 0 Å². The maximum Gasteiger partial charge on any atom is 0.407 e. The van der Waals surface area contributed by atoms with Crippen LogP contribution in [-0.2, 0) is 24.4 Å². The predicted octanol–water partition coefficient (Wildman–Crippen LogP) is 3.40. The molecule has 5 nitrogen and oxygen atoms in total. The predicted molar refractivity (Wildman–Crippen MR) is 94.3 cm³/mol. The molecule has 0 radical (unpaired) electrons. The molecule has 2 rings (SSSR count). The van der Waals surface area contributed by atoms with Crippen molar-refractivity contribution in [3.05, 3.63) is 65.5 Å². The highest BCUT2D eigenvalue weighted by molar-refractivity contribution is 5.68. The molecule has 0 bridgehead atoms. The van der Waals surface area contributed by atoms with E-state index >= 15 is 0 Å². The zero-order valence-corrected chi connectivity index (χ0v) is 14.5. The van der Waals surface area contributed by atoms with Gasteiger partial charge in [0.25, 0.3) is 0 Å². The highest BCUT2D eigenvalue weighted by Gasteiger charge is 2.14. The zero-order valence-electron chi connectivity index (χ0n) is 14.5. The molecule has 0 fully saturated rings. The van der Waals surface area contributed by atoms with Crippen molar-refractivity contribution in [2.45, 2.75) is 46.0 Å². The van der Waals surface area contributed by atoms with Gasteiger partial charge < -0.3 is 15.4 Å². The minimum Gasteiger partial charge on any atom is -0.445 e. The lowest BCUT2D eigenvalue weighted by Crippen LogP contribution is -2.40. The highest BCUT2D eigenvalue weighted by Crippen LogP contribution is 2.07. The van der Waals surface area contributed by atoms with Gasteiger partial charge in [-0.1, -0.05) is 30.3 Å². The molecule has 2 aromatic rings.